The third-order valence-electron chi connectivity index (χ3n) is 1.80. The van der Waals surface area contributed by atoms with Gasteiger partial charge in [0.15, 0.2) is 23.1 Å². The number of Topliss-reactive ketones (excluding diaryl/α,β-unsaturated/α-hetero) is 2. The molecule has 0 amide bonds. The van der Waals surface area contributed by atoms with Crippen molar-refractivity contribution >= 4 is 11.6 Å². The lowest BCUT2D eigenvalue weighted by Crippen LogP contribution is -1.95. The van der Waals surface area contributed by atoms with Crippen LogP contribution in [0.2, 0.25) is 0 Å². The van der Waals surface area contributed by atoms with E-state index >= 15 is 0 Å². The summed E-state index contributed by atoms with van der Waals surface area (Å²) >= 11 is 0. The molecule has 0 spiro atoms. The Bertz CT molecular complexity index is 292. The van der Waals surface area contributed by atoms with Crippen LogP contribution in [0.4, 0.5) is 0 Å². The van der Waals surface area contributed by atoms with Crippen LogP contribution in [0.15, 0.2) is 16.5 Å². The standard InChI is InChI=1S/C10H12O3/c1-3-7(11)9-5-6-10(13-9)8(12)4-2/h5-6H,3-4H2,1-2H3. The highest BCUT2D eigenvalue weighted by Gasteiger charge is 2.12. The predicted octanol–water partition coefficient (Wildman–Crippen LogP) is 2.47. The van der Waals surface area contributed by atoms with E-state index in [1.807, 2.05) is 0 Å². The molecule has 1 heterocycles. The Hall–Kier alpha value is -1.38. The molecule has 1 aromatic heterocycles. The van der Waals surface area contributed by atoms with Crippen molar-refractivity contribution in [2.45, 2.75) is 26.7 Å². The SMILES string of the molecule is CCC(=O)c1ccc(C(=O)CC)o1. The maximum Gasteiger partial charge on any atom is 0.197 e. The second kappa shape index (κ2) is 4.03. The van der Waals surface area contributed by atoms with Gasteiger partial charge in [-0.15, -0.1) is 0 Å². The number of hydrogen-bond donors (Lipinski definition) is 0. The van der Waals surface area contributed by atoms with E-state index in [4.69, 9.17) is 4.42 Å². The van der Waals surface area contributed by atoms with Crippen LogP contribution in [-0.2, 0) is 0 Å². The van der Waals surface area contributed by atoms with Crippen molar-refractivity contribution < 1.29 is 14.0 Å². The van der Waals surface area contributed by atoms with Crippen LogP contribution in [0, 0.1) is 0 Å². The van der Waals surface area contributed by atoms with E-state index in [0.717, 1.165) is 0 Å². The minimum absolute atomic E-state index is 0.0739. The Kier molecular flexibility index (Phi) is 3.01. The Labute approximate surface area is 76.7 Å². The molecule has 3 heteroatoms. The van der Waals surface area contributed by atoms with E-state index in [0.29, 0.717) is 12.8 Å². The number of rotatable bonds is 4. The van der Waals surface area contributed by atoms with Gasteiger partial charge in [0, 0.05) is 12.8 Å². The maximum absolute atomic E-state index is 11.1. The zero-order valence-corrected chi connectivity index (χ0v) is 7.79. The van der Waals surface area contributed by atoms with E-state index < -0.39 is 0 Å². The number of carbonyl (C=O) groups excluding carboxylic acids is 2. The summed E-state index contributed by atoms with van der Waals surface area (Å²) in [5, 5.41) is 0. The van der Waals surface area contributed by atoms with Gasteiger partial charge in [-0.2, -0.15) is 0 Å². The lowest BCUT2D eigenvalue weighted by Gasteiger charge is -1.91. The van der Waals surface area contributed by atoms with Crippen molar-refractivity contribution in [2.75, 3.05) is 0 Å². The summed E-state index contributed by atoms with van der Waals surface area (Å²) in [6, 6.07) is 3.10. The first-order chi connectivity index (χ1) is 6.19. The Morgan fingerprint density at radius 3 is 1.77 bits per heavy atom. The van der Waals surface area contributed by atoms with Gasteiger partial charge < -0.3 is 4.42 Å². The fraction of sp³-hybridized carbons (Fsp3) is 0.400. The molecule has 3 nitrogen and oxygen atoms in total. The van der Waals surface area contributed by atoms with Crippen LogP contribution < -0.4 is 0 Å². The molecule has 0 radical (unpaired) electrons. The fourth-order valence-electron chi connectivity index (χ4n) is 0.986. The van der Waals surface area contributed by atoms with Gasteiger partial charge in [-0.3, -0.25) is 9.59 Å². The van der Waals surface area contributed by atoms with E-state index in [-0.39, 0.29) is 23.1 Å². The molecular weight excluding hydrogens is 168 g/mol. The average molecular weight is 180 g/mol. The number of furan rings is 1. The first-order valence-electron chi connectivity index (χ1n) is 4.35. The Balaban J connectivity index is 2.86. The van der Waals surface area contributed by atoms with Gasteiger partial charge in [0.2, 0.25) is 0 Å². The monoisotopic (exact) mass is 180 g/mol. The fourth-order valence-corrected chi connectivity index (χ4v) is 0.986. The van der Waals surface area contributed by atoms with Crippen LogP contribution >= 0.6 is 0 Å². The van der Waals surface area contributed by atoms with E-state index in [1.165, 1.54) is 0 Å². The van der Waals surface area contributed by atoms with E-state index in [9.17, 15) is 9.59 Å². The summed E-state index contributed by atoms with van der Waals surface area (Å²) < 4.78 is 5.09. The number of hydrogen-bond acceptors (Lipinski definition) is 3. The van der Waals surface area contributed by atoms with Crippen LogP contribution in [-0.4, -0.2) is 11.6 Å². The average Bonchev–Trinajstić information content (AvgIpc) is 2.64. The third kappa shape index (κ3) is 2.05. The smallest absolute Gasteiger partial charge is 0.197 e. The minimum Gasteiger partial charge on any atom is -0.450 e. The highest BCUT2D eigenvalue weighted by atomic mass is 16.4. The molecule has 0 saturated carbocycles. The summed E-state index contributed by atoms with van der Waals surface area (Å²) in [4.78, 5) is 22.3. The molecule has 0 aliphatic heterocycles. The van der Waals surface area contributed by atoms with Crippen molar-refractivity contribution in [1.82, 2.24) is 0 Å². The normalized spacial score (nSPS) is 10.0. The molecule has 0 N–H and O–H groups in total. The highest BCUT2D eigenvalue weighted by Crippen LogP contribution is 2.11. The van der Waals surface area contributed by atoms with Gasteiger partial charge in [-0.25, -0.2) is 0 Å². The molecule has 0 aromatic carbocycles. The highest BCUT2D eigenvalue weighted by molar-refractivity contribution is 5.97. The summed E-state index contributed by atoms with van der Waals surface area (Å²) in [6.07, 6.45) is 0.792. The van der Waals surface area contributed by atoms with Gasteiger partial charge in [-0.1, -0.05) is 13.8 Å². The molecule has 0 saturated heterocycles. The zero-order chi connectivity index (χ0) is 9.84. The lowest BCUT2D eigenvalue weighted by atomic mass is 10.2. The van der Waals surface area contributed by atoms with E-state index in [1.54, 1.807) is 26.0 Å². The third-order valence-corrected chi connectivity index (χ3v) is 1.80. The second-order valence-electron chi connectivity index (χ2n) is 2.72. The van der Waals surface area contributed by atoms with E-state index in [2.05, 4.69) is 0 Å². The van der Waals surface area contributed by atoms with Crippen molar-refractivity contribution in [2.24, 2.45) is 0 Å². The van der Waals surface area contributed by atoms with Gasteiger partial charge in [0.1, 0.15) is 0 Å². The van der Waals surface area contributed by atoms with Crippen molar-refractivity contribution in [3.05, 3.63) is 23.7 Å². The van der Waals surface area contributed by atoms with Gasteiger partial charge in [0.05, 0.1) is 0 Å². The van der Waals surface area contributed by atoms with Crippen LogP contribution in [0.5, 0.6) is 0 Å². The van der Waals surface area contributed by atoms with Crippen molar-refractivity contribution in [1.29, 1.82) is 0 Å². The quantitative estimate of drug-likeness (QED) is 0.668. The van der Waals surface area contributed by atoms with Gasteiger partial charge in [0.25, 0.3) is 0 Å². The summed E-state index contributed by atoms with van der Waals surface area (Å²) in [5.41, 5.74) is 0. The molecule has 13 heavy (non-hydrogen) atoms. The topological polar surface area (TPSA) is 47.3 Å². The molecule has 70 valence electrons. The molecule has 0 aliphatic rings. The minimum atomic E-state index is -0.0739. The number of ketones is 2. The molecule has 0 unspecified atom stereocenters. The first-order valence-corrected chi connectivity index (χ1v) is 4.35. The Morgan fingerprint density at radius 1 is 1.08 bits per heavy atom. The second-order valence-corrected chi connectivity index (χ2v) is 2.72. The zero-order valence-electron chi connectivity index (χ0n) is 7.79. The number of carbonyl (C=O) groups is 2. The summed E-state index contributed by atoms with van der Waals surface area (Å²) in [6.45, 7) is 3.51. The summed E-state index contributed by atoms with van der Waals surface area (Å²) in [5.74, 6) is 0.406. The van der Waals surface area contributed by atoms with Crippen molar-refractivity contribution in [3.63, 3.8) is 0 Å². The largest absolute Gasteiger partial charge is 0.450 e. The molecule has 1 aromatic rings. The predicted molar refractivity (Wildman–Crippen MR) is 48.0 cm³/mol. The van der Waals surface area contributed by atoms with Crippen molar-refractivity contribution in [3.8, 4) is 0 Å². The molecule has 0 aliphatic carbocycles. The van der Waals surface area contributed by atoms with Crippen LogP contribution in [0.3, 0.4) is 0 Å². The van der Waals surface area contributed by atoms with Gasteiger partial charge >= 0.3 is 0 Å². The van der Waals surface area contributed by atoms with Gasteiger partial charge in [-0.05, 0) is 12.1 Å². The molecule has 0 bridgehead atoms. The Morgan fingerprint density at radius 2 is 1.46 bits per heavy atom. The van der Waals surface area contributed by atoms with Crippen LogP contribution in [0.1, 0.15) is 47.8 Å². The molecule has 0 fully saturated rings. The van der Waals surface area contributed by atoms with Crippen LogP contribution in [0.25, 0.3) is 0 Å². The molecular formula is C10H12O3. The first kappa shape index (κ1) is 9.71. The molecule has 1 rings (SSSR count). The summed E-state index contributed by atoms with van der Waals surface area (Å²) in [7, 11) is 0. The lowest BCUT2D eigenvalue weighted by molar-refractivity contribution is 0.0937. The molecule has 0 atom stereocenters. The maximum atomic E-state index is 11.1.